The molecule has 1 aliphatic rings. The molecule has 2 aromatic carbocycles. The maximum Gasteiger partial charge on any atom is 0.255 e. The number of sulfonamides is 1. The number of amides is 1. The molecule has 24 heavy (non-hydrogen) atoms. The maximum atomic E-state index is 12.5. The number of aryl methyl sites for hydroxylation is 1. The summed E-state index contributed by atoms with van der Waals surface area (Å²) < 4.78 is 25.1. The summed E-state index contributed by atoms with van der Waals surface area (Å²) >= 11 is 0. The van der Waals surface area contributed by atoms with Crippen LogP contribution in [0.2, 0.25) is 0 Å². The molecule has 5 nitrogen and oxygen atoms in total. The second-order valence-corrected chi connectivity index (χ2v) is 7.84. The Hall–Kier alpha value is -2.34. The first kappa shape index (κ1) is 16.5. The van der Waals surface area contributed by atoms with Crippen molar-refractivity contribution in [1.29, 1.82) is 0 Å². The molecule has 6 heteroatoms. The lowest BCUT2D eigenvalue weighted by Crippen LogP contribution is -2.27. The molecular weight excluding hydrogens is 324 g/mol. The maximum absolute atomic E-state index is 12.5. The molecule has 0 bridgehead atoms. The van der Waals surface area contributed by atoms with Crippen LogP contribution in [-0.4, -0.2) is 27.1 Å². The quantitative estimate of drug-likeness (QED) is 0.927. The van der Waals surface area contributed by atoms with Gasteiger partial charge in [0.2, 0.25) is 10.0 Å². The van der Waals surface area contributed by atoms with Crippen molar-refractivity contribution >= 4 is 27.3 Å². The predicted octanol–water partition coefficient (Wildman–Crippen LogP) is 2.82. The van der Waals surface area contributed by atoms with Crippen LogP contribution < -0.4 is 9.62 Å². The molecule has 0 atom stereocenters. The van der Waals surface area contributed by atoms with Gasteiger partial charge in [0.15, 0.2) is 0 Å². The molecule has 0 aliphatic carbocycles. The van der Waals surface area contributed by atoms with E-state index in [0.29, 0.717) is 24.2 Å². The van der Waals surface area contributed by atoms with Crippen molar-refractivity contribution in [2.45, 2.75) is 19.8 Å². The first-order chi connectivity index (χ1) is 11.4. The van der Waals surface area contributed by atoms with Crippen LogP contribution in [0.3, 0.4) is 0 Å². The minimum atomic E-state index is -3.32. The topological polar surface area (TPSA) is 66.5 Å². The molecule has 3 rings (SSSR count). The SMILES string of the molecule is CCc1cccc(NC(=O)c2ccc3c(c2)N(S(C)(=O)=O)CC3)c1. The number of rotatable bonds is 4. The largest absolute Gasteiger partial charge is 0.322 e. The number of fused-ring (bicyclic) bond motifs is 1. The highest BCUT2D eigenvalue weighted by molar-refractivity contribution is 7.92. The average Bonchev–Trinajstić information content (AvgIpc) is 2.98. The molecule has 0 saturated carbocycles. The van der Waals surface area contributed by atoms with E-state index in [1.54, 1.807) is 12.1 Å². The standard InChI is InChI=1S/C18H20N2O3S/c1-3-13-5-4-6-16(11-13)19-18(21)15-8-7-14-9-10-20(17(14)12-15)24(2,22)23/h4-8,11-12H,3,9-10H2,1-2H3,(H,19,21). The normalized spacial score (nSPS) is 13.7. The first-order valence-electron chi connectivity index (χ1n) is 7.89. The van der Waals surface area contributed by atoms with Crippen LogP contribution in [-0.2, 0) is 22.9 Å². The molecule has 1 heterocycles. The summed E-state index contributed by atoms with van der Waals surface area (Å²) in [5, 5.41) is 2.87. The van der Waals surface area contributed by atoms with Crippen molar-refractivity contribution in [3.63, 3.8) is 0 Å². The van der Waals surface area contributed by atoms with Crippen molar-refractivity contribution in [2.75, 3.05) is 22.4 Å². The number of hydrogen-bond donors (Lipinski definition) is 1. The van der Waals surface area contributed by atoms with Crippen LogP contribution >= 0.6 is 0 Å². The Balaban J connectivity index is 1.86. The molecule has 0 saturated heterocycles. The van der Waals surface area contributed by atoms with Crippen LogP contribution in [0.15, 0.2) is 42.5 Å². The molecule has 0 aromatic heterocycles. The smallest absolute Gasteiger partial charge is 0.255 e. The third-order valence-electron chi connectivity index (χ3n) is 4.19. The molecule has 0 spiro atoms. The van der Waals surface area contributed by atoms with Gasteiger partial charge in [-0.25, -0.2) is 8.42 Å². The Bertz CT molecular complexity index is 891. The van der Waals surface area contributed by atoms with Gasteiger partial charge < -0.3 is 5.32 Å². The molecular formula is C18H20N2O3S. The molecule has 1 amide bonds. The second-order valence-electron chi connectivity index (χ2n) is 5.94. The van der Waals surface area contributed by atoms with Crippen LogP contribution in [0.4, 0.5) is 11.4 Å². The van der Waals surface area contributed by atoms with E-state index in [9.17, 15) is 13.2 Å². The highest BCUT2D eigenvalue weighted by Crippen LogP contribution is 2.31. The number of carbonyl (C=O) groups excluding carboxylic acids is 1. The van der Waals surface area contributed by atoms with E-state index in [1.165, 1.54) is 10.6 Å². The molecule has 0 radical (unpaired) electrons. The Morgan fingerprint density at radius 2 is 2.00 bits per heavy atom. The number of anilines is 2. The van der Waals surface area contributed by atoms with E-state index in [4.69, 9.17) is 0 Å². The highest BCUT2D eigenvalue weighted by atomic mass is 32.2. The summed E-state index contributed by atoms with van der Waals surface area (Å²) in [5.74, 6) is -0.244. The third kappa shape index (κ3) is 3.28. The minimum absolute atomic E-state index is 0.244. The first-order valence-corrected chi connectivity index (χ1v) is 9.74. The van der Waals surface area contributed by atoms with Crippen molar-refractivity contribution < 1.29 is 13.2 Å². The lowest BCUT2D eigenvalue weighted by molar-refractivity contribution is 0.102. The van der Waals surface area contributed by atoms with E-state index in [-0.39, 0.29) is 5.91 Å². The minimum Gasteiger partial charge on any atom is -0.322 e. The summed E-state index contributed by atoms with van der Waals surface area (Å²) in [6.45, 7) is 2.49. The van der Waals surface area contributed by atoms with Gasteiger partial charge in [-0.05, 0) is 48.2 Å². The summed E-state index contributed by atoms with van der Waals surface area (Å²) in [4.78, 5) is 12.5. The summed E-state index contributed by atoms with van der Waals surface area (Å²) in [6, 6.07) is 12.9. The van der Waals surface area contributed by atoms with E-state index >= 15 is 0 Å². The number of hydrogen-bond acceptors (Lipinski definition) is 3. The zero-order valence-electron chi connectivity index (χ0n) is 13.7. The van der Waals surface area contributed by atoms with Gasteiger partial charge in [-0.3, -0.25) is 9.10 Å². The Kier molecular flexibility index (Phi) is 4.32. The Labute approximate surface area is 142 Å². The fourth-order valence-corrected chi connectivity index (χ4v) is 3.86. The molecule has 126 valence electrons. The lowest BCUT2D eigenvalue weighted by Gasteiger charge is -2.17. The van der Waals surface area contributed by atoms with E-state index in [1.807, 2.05) is 30.3 Å². The van der Waals surface area contributed by atoms with Crippen LogP contribution in [0.25, 0.3) is 0 Å². The van der Waals surface area contributed by atoms with Crippen molar-refractivity contribution in [2.24, 2.45) is 0 Å². The molecule has 1 N–H and O–H groups in total. The summed E-state index contributed by atoms with van der Waals surface area (Å²) in [6.07, 6.45) is 2.75. The Morgan fingerprint density at radius 3 is 2.71 bits per heavy atom. The van der Waals surface area contributed by atoms with Gasteiger partial charge in [-0.2, -0.15) is 0 Å². The molecule has 2 aromatic rings. The van der Waals surface area contributed by atoms with Crippen molar-refractivity contribution in [3.05, 3.63) is 59.2 Å². The van der Waals surface area contributed by atoms with E-state index < -0.39 is 10.0 Å². The van der Waals surface area contributed by atoms with Crippen LogP contribution in [0.1, 0.15) is 28.4 Å². The summed E-state index contributed by atoms with van der Waals surface area (Å²) in [5.41, 5.74) is 3.88. The van der Waals surface area contributed by atoms with Gasteiger partial charge in [0.1, 0.15) is 0 Å². The molecule has 0 fully saturated rings. The number of benzene rings is 2. The Morgan fingerprint density at radius 1 is 1.21 bits per heavy atom. The zero-order valence-corrected chi connectivity index (χ0v) is 14.6. The number of nitrogens with one attached hydrogen (secondary N) is 1. The summed E-state index contributed by atoms with van der Waals surface area (Å²) in [7, 11) is -3.32. The highest BCUT2D eigenvalue weighted by Gasteiger charge is 2.27. The zero-order chi connectivity index (χ0) is 17.3. The average molecular weight is 344 g/mol. The van der Waals surface area contributed by atoms with Crippen LogP contribution in [0, 0.1) is 0 Å². The predicted molar refractivity (Wildman–Crippen MR) is 96.1 cm³/mol. The van der Waals surface area contributed by atoms with E-state index in [2.05, 4.69) is 12.2 Å². The number of carbonyl (C=O) groups is 1. The monoisotopic (exact) mass is 344 g/mol. The van der Waals surface area contributed by atoms with Gasteiger partial charge in [0, 0.05) is 17.8 Å². The van der Waals surface area contributed by atoms with E-state index in [0.717, 1.165) is 23.2 Å². The van der Waals surface area contributed by atoms with Gasteiger partial charge in [-0.15, -0.1) is 0 Å². The second kappa shape index (κ2) is 6.28. The van der Waals surface area contributed by atoms with Crippen LogP contribution in [0.5, 0.6) is 0 Å². The molecule has 1 aliphatic heterocycles. The molecule has 0 unspecified atom stereocenters. The third-order valence-corrected chi connectivity index (χ3v) is 5.37. The van der Waals surface area contributed by atoms with Gasteiger partial charge in [-0.1, -0.05) is 25.1 Å². The van der Waals surface area contributed by atoms with Crippen molar-refractivity contribution in [3.8, 4) is 0 Å². The fraction of sp³-hybridized carbons (Fsp3) is 0.278. The van der Waals surface area contributed by atoms with Gasteiger partial charge in [0.25, 0.3) is 5.91 Å². The van der Waals surface area contributed by atoms with Gasteiger partial charge >= 0.3 is 0 Å². The fourth-order valence-electron chi connectivity index (χ4n) is 2.91. The number of nitrogens with zero attached hydrogens (tertiary/aromatic N) is 1. The lowest BCUT2D eigenvalue weighted by atomic mass is 10.1. The van der Waals surface area contributed by atoms with Crippen molar-refractivity contribution in [1.82, 2.24) is 0 Å². The van der Waals surface area contributed by atoms with Gasteiger partial charge in [0.05, 0.1) is 11.9 Å².